The first-order valence-corrected chi connectivity index (χ1v) is 7.79. The summed E-state index contributed by atoms with van der Waals surface area (Å²) in [6.45, 7) is 1.85. The summed E-state index contributed by atoms with van der Waals surface area (Å²) < 4.78 is 15.7. The fourth-order valence-electron chi connectivity index (χ4n) is 2.38. The number of rotatable bonds is 6. The summed E-state index contributed by atoms with van der Waals surface area (Å²) in [7, 11) is 0. The highest BCUT2D eigenvalue weighted by atomic mass is 19.1. The van der Waals surface area contributed by atoms with Gasteiger partial charge in [-0.25, -0.2) is 13.9 Å². The van der Waals surface area contributed by atoms with Crippen molar-refractivity contribution >= 4 is 17.7 Å². The maximum atomic E-state index is 12.9. The second-order valence-corrected chi connectivity index (χ2v) is 5.65. The monoisotopic (exact) mass is 357 g/mol. The normalized spacial score (nSPS) is 11.9. The highest BCUT2D eigenvalue weighted by molar-refractivity contribution is 6.02. The summed E-state index contributed by atoms with van der Waals surface area (Å²) in [5, 5.41) is 19.8. The molecule has 0 radical (unpaired) electrons. The van der Waals surface area contributed by atoms with Crippen molar-refractivity contribution in [3.63, 3.8) is 0 Å². The molecular formula is C17H16FN5O3. The van der Waals surface area contributed by atoms with Gasteiger partial charge in [-0.15, -0.1) is 0 Å². The largest absolute Gasteiger partial charge is 0.480 e. The van der Waals surface area contributed by atoms with Crippen LogP contribution in [0.2, 0.25) is 0 Å². The molecule has 2 heterocycles. The second kappa shape index (κ2) is 7.18. The number of hydrogen-bond acceptors (Lipinski definition) is 4. The Bertz CT molecular complexity index is 932. The van der Waals surface area contributed by atoms with Gasteiger partial charge < -0.3 is 10.4 Å². The zero-order valence-corrected chi connectivity index (χ0v) is 13.8. The summed E-state index contributed by atoms with van der Waals surface area (Å²) in [4.78, 5) is 23.5. The molecule has 0 saturated heterocycles. The minimum atomic E-state index is -1.09. The van der Waals surface area contributed by atoms with E-state index in [-0.39, 0.29) is 11.5 Å². The molecule has 9 heteroatoms. The molecule has 134 valence electrons. The number of carbonyl (C=O) groups is 2. The molecule has 0 aliphatic rings. The number of benzene rings is 1. The molecular weight excluding hydrogens is 341 g/mol. The number of aromatic nitrogens is 4. The molecule has 0 saturated carbocycles. The third kappa shape index (κ3) is 3.77. The Kier molecular flexibility index (Phi) is 4.78. The lowest BCUT2D eigenvalue weighted by molar-refractivity contribution is -0.140. The number of carboxylic acids is 1. The number of anilines is 1. The van der Waals surface area contributed by atoms with E-state index in [0.717, 1.165) is 10.2 Å². The van der Waals surface area contributed by atoms with Gasteiger partial charge in [-0.1, -0.05) is 12.1 Å². The van der Waals surface area contributed by atoms with Gasteiger partial charge in [-0.3, -0.25) is 9.48 Å². The van der Waals surface area contributed by atoms with Crippen LogP contribution in [0.5, 0.6) is 0 Å². The van der Waals surface area contributed by atoms with E-state index < -0.39 is 17.9 Å². The van der Waals surface area contributed by atoms with Gasteiger partial charge in [0.2, 0.25) is 0 Å². The average Bonchev–Trinajstić information content (AvgIpc) is 3.25. The molecule has 1 atom stereocenters. The van der Waals surface area contributed by atoms with E-state index in [1.54, 1.807) is 29.1 Å². The number of halogens is 1. The van der Waals surface area contributed by atoms with Crippen LogP contribution in [0.3, 0.4) is 0 Å². The Labute approximate surface area is 147 Å². The van der Waals surface area contributed by atoms with Gasteiger partial charge in [-0.2, -0.15) is 10.2 Å². The standard InChI is InChI=1S/C17H16FN5O3/c1-11(17(25)26)23-14(6-8-19-23)16(24)20-15-7-9-22(21-15)10-12-2-4-13(18)5-3-12/h2-9,11H,10H2,1H3,(H,25,26)(H,20,21,24). The Hall–Kier alpha value is -3.49. The first-order valence-electron chi connectivity index (χ1n) is 7.79. The zero-order chi connectivity index (χ0) is 18.7. The highest BCUT2D eigenvalue weighted by Gasteiger charge is 2.21. The van der Waals surface area contributed by atoms with Crippen molar-refractivity contribution in [1.29, 1.82) is 0 Å². The van der Waals surface area contributed by atoms with Crippen LogP contribution in [-0.2, 0) is 11.3 Å². The summed E-state index contributed by atoms with van der Waals surface area (Å²) in [6, 6.07) is 8.12. The Balaban J connectivity index is 1.69. The summed E-state index contributed by atoms with van der Waals surface area (Å²) >= 11 is 0. The predicted octanol–water partition coefficient (Wildman–Crippen LogP) is 2.16. The van der Waals surface area contributed by atoms with E-state index in [4.69, 9.17) is 5.11 Å². The van der Waals surface area contributed by atoms with Crippen molar-refractivity contribution in [1.82, 2.24) is 19.6 Å². The molecule has 1 unspecified atom stereocenters. The van der Waals surface area contributed by atoms with Crippen molar-refractivity contribution in [2.75, 3.05) is 5.32 Å². The van der Waals surface area contributed by atoms with E-state index in [9.17, 15) is 14.0 Å². The third-order valence-electron chi connectivity index (χ3n) is 3.77. The van der Waals surface area contributed by atoms with Crippen LogP contribution in [0, 0.1) is 5.82 Å². The third-order valence-corrected chi connectivity index (χ3v) is 3.77. The second-order valence-electron chi connectivity index (χ2n) is 5.65. The number of nitrogens with one attached hydrogen (secondary N) is 1. The van der Waals surface area contributed by atoms with Crippen molar-refractivity contribution < 1.29 is 19.1 Å². The van der Waals surface area contributed by atoms with E-state index >= 15 is 0 Å². The molecule has 1 amide bonds. The molecule has 0 fully saturated rings. The summed E-state index contributed by atoms with van der Waals surface area (Å²) in [5.41, 5.74) is 0.980. The quantitative estimate of drug-likeness (QED) is 0.704. The van der Waals surface area contributed by atoms with Crippen molar-refractivity contribution in [2.24, 2.45) is 0 Å². The van der Waals surface area contributed by atoms with E-state index in [1.165, 1.54) is 31.3 Å². The van der Waals surface area contributed by atoms with Crippen LogP contribution in [0.4, 0.5) is 10.2 Å². The van der Waals surface area contributed by atoms with Gasteiger partial charge in [0.1, 0.15) is 17.6 Å². The van der Waals surface area contributed by atoms with Crippen molar-refractivity contribution in [2.45, 2.75) is 19.5 Å². The Morgan fingerprint density at radius 3 is 2.65 bits per heavy atom. The molecule has 0 bridgehead atoms. The minimum absolute atomic E-state index is 0.119. The highest BCUT2D eigenvalue weighted by Crippen LogP contribution is 2.12. The maximum absolute atomic E-state index is 12.9. The number of hydrogen-bond donors (Lipinski definition) is 2. The molecule has 0 aliphatic heterocycles. The molecule has 2 aromatic heterocycles. The van der Waals surface area contributed by atoms with Crippen LogP contribution >= 0.6 is 0 Å². The molecule has 26 heavy (non-hydrogen) atoms. The number of nitrogens with zero attached hydrogens (tertiary/aromatic N) is 4. The van der Waals surface area contributed by atoms with Crippen molar-refractivity contribution in [3.8, 4) is 0 Å². The van der Waals surface area contributed by atoms with Gasteiger partial charge in [0.25, 0.3) is 5.91 Å². The zero-order valence-electron chi connectivity index (χ0n) is 13.8. The first-order chi connectivity index (χ1) is 12.4. The Morgan fingerprint density at radius 1 is 1.23 bits per heavy atom. The number of carboxylic acid groups (broad SMARTS) is 1. The summed E-state index contributed by atoms with van der Waals surface area (Å²) in [6.07, 6.45) is 3.04. The van der Waals surface area contributed by atoms with Crippen molar-refractivity contribution in [3.05, 3.63) is 65.9 Å². The van der Waals surface area contributed by atoms with Crippen LogP contribution in [-0.4, -0.2) is 36.5 Å². The molecule has 3 aromatic rings. The average molecular weight is 357 g/mol. The van der Waals surface area contributed by atoms with Gasteiger partial charge in [-0.05, 0) is 30.7 Å². The fraction of sp³-hybridized carbons (Fsp3) is 0.176. The molecule has 0 spiro atoms. The lowest BCUT2D eigenvalue weighted by Crippen LogP contribution is -2.24. The molecule has 3 rings (SSSR count). The van der Waals surface area contributed by atoms with E-state index in [1.807, 2.05) is 0 Å². The maximum Gasteiger partial charge on any atom is 0.328 e. The molecule has 8 nitrogen and oxygen atoms in total. The summed E-state index contributed by atoms with van der Waals surface area (Å²) in [5.74, 6) is -1.60. The van der Waals surface area contributed by atoms with E-state index in [2.05, 4.69) is 15.5 Å². The van der Waals surface area contributed by atoms with Crippen LogP contribution in [0.25, 0.3) is 0 Å². The molecule has 1 aromatic carbocycles. The topological polar surface area (TPSA) is 102 Å². The SMILES string of the molecule is CC(C(=O)O)n1nccc1C(=O)Nc1ccn(Cc2ccc(F)cc2)n1. The minimum Gasteiger partial charge on any atom is -0.480 e. The first kappa shape index (κ1) is 17.3. The lowest BCUT2D eigenvalue weighted by Gasteiger charge is -2.10. The van der Waals surface area contributed by atoms with Gasteiger partial charge in [0.15, 0.2) is 5.82 Å². The molecule has 2 N–H and O–H groups in total. The number of amides is 1. The number of carbonyl (C=O) groups excluding carboxylic acids is 1. The van der Waals surface area contributed by atoms with E-state index in [0.29, 0.717) is 12.4 Å². The van der Waals surface area contributed by atoms with Crippen LogP contribution in [0.1, 0.15) is 29.0 Å². The lowest BCUT2D eigenvalue weighted by atomic mass is 10.2. The van der Waals surface area contributed by atoms with Crippen LogP contribution < -0.4 is 5.32 Å². The van der Waals surface area contributed by atoms with Gasteiger partial charge >= 0.3 is 5.97 Å². The predicted molar refractivity (Wildman–Crippen MR) is 90.3 cm³/mol. The fourth-order valence-corrected chi connectivity index (χ4v) is 2.38. The van der Waals surface area contributed by atoms with Crippen LogP contribution in [0.15, 0.2) is 48.8 Å². The van der Waals surface area contributed by atoms with Gasteiger partial charge in [0.05, 0.1) is 6.54 Å². The number of aliphatic carboxylic acids is 1. The Morgan fingerprint density at radius 2 is 1.96 bits per heavy atom. The molecule has 0 aliphatic carbocycles. The smallest absolute Gasteiger partial charge is 0.328 e. The van der Waals surface area contributed by atoms with Gasteiger partial charge in [0, 0.05) is 18.5 Å².